The summed E-state index contributed by atoms with van der Waals surface area (Å²) in [4.78, 5) is 1.43. The highest BCUT2D eigenvalue weighted by Crippen LogP contribution is 2.28. The average Bonchev–Trinajstić information content (AvgIpc) is 2.84. The highest BCUT2D eigenvalue weighted by molar-refractivity contribution is 9.11. The zero-order valence-electron chi connectivity index (χ0n) is 12.4. The molecule has 1 N–H and O–H groups in total. The average molecular weight is 431 g/mol. The lowest BCUT2D eigenvalue weighted by Crippen LogP contribution is -2.26. The van der Waals surface area contributed by atoms with E-state index in [-0.39, 0.29) is 0 Å². The van der Waals surface area contributed by atoms with Gasteiger partial charge in [-0.2, -0.15) is 0 Å². The molecule has 2 aromatic rings. The molecule has 0 aliphatic heterocycles. The first kappa shape index (κ1) is 17.2. The van der Waals surface area contributed by atoms with Gasteiger partial charge < -0.3 is 5.32 Å². The molecule has 4 heteroatoms. The molecule has 1 atom stereocenters. The third-order valence-electron chi connectivity index (χ3n) is 3.36. The summed E-state index contributed by atoms with van der Waals surface area (Å²) in [7, 11) is 0. The molecule has 1 nitrogen and oxygen atoms in total. The number of hydrogen-bond donors (Lipinski definition) is 1. The van der Waals surface area contributed by atoms with Gasteiger partial charge in [0, 0.05) is 21.8 Å². The number of nitrogens with one attached hydrogen (secondary N) is 1. The van der Waals surface area contributed by atoms with E-state index in [9.17, 15) is 0 Å². The molecule has 1 unspecified atom stereocenters. The van der Waals surface area contributed by atoms with Gasteiger partial charge in [-0.15, -0.1) is 11.3 Å². The van der Waals surface area contributed by atoms with Crippen molar-refractivity contribution in [3.8, 4) is 0 Å². The Bertz CT molecular complexity index is 548. The lowest BCUT2D eigenvalue weighted by atomic mass is 9.95. The van der Waals surface area contributed by atoms with Crippen LogP contribution in [0, 0.1) is 5.92 Å². The fourth-order valence-corrected chi connectivity index (χ4v) is 4.12. The van der Waals surface area contributed by atoms with Crippen molar-refractivity contribution < 1.29 is 0 Å². The van der Waals surface area contributed by atoms with Crippen LogP contribution in [0.3, 0.4) is 0 Å². The SMILES string of the molecule is CC(C)CNCC(Cc1ccc(Br)s1)c1ccc(Br)cc1. The second-order valence-electron chi connectivity index (χ2n) is 5.71. The van der Waals surface area contributed by atoms with E-state index in [0.717, 1.165) is 24.0 Å². The first-order chi connectivity index (χ1) is 10.0. The summed E-state index contributed by atoms with van der Waals surface area (Å²) < 4.78 is 2.35. The molecular weight excluding hydrogens is 410 g/mol. The Morgan fingerprint density at radius 2 is 1.71 bits per heavy atom. The Kier molecular flexibility index (Phi) is 6.93. The summed E-state index contributed by atoms with van der Waals surface area (Å²) in [6, 6.07) is 13.1. The summed E-state index contributed by atoms with van der Waals surface area (Å²) >= 11 is 8.91. The zero-order valence-corrected chi connectivity index (χ0v) is 16.4. The fourth-order valence-electron chi connectivity index (χ4n) is 2.29. The van der Waals surface area contributed by atoms with E-state index in [1.807, 2.05) is 11.3 Å². The van der Waals surface area contributed by atoms with Crippen molar-refractivity contribution in [2.45, 2.75) is 26.2 Å². The van der Waals surface area contributed by atoms with Crippen LogP contribution >= 0.6 is 43.2 Å². The van der Waals surface area contributed by atoms with E-state index in [0.29, 0.717) is 11.8 Å². The van der Waals surface area contributed by atoms with Gasteiger partial charge in [-0.05, 0) is 64.6 Å². The molecule has 1 aromatic carbocycles. The molecule has 21 heavy (non-hydrogen) atoms. The maximum atomic E-state index is 3.61. The molecule has 0 bridgehead atoms. The monoisotopic (exact) mass is 429 g/mol. The highest BCUT2D eigenvalue weighted by atomic mass is 79.9. The molecule has 2 rings (SSSR count). The number of rotatable bonds is 7. The predicted octanol–water partition coefficient (Wildman–Crippen LogP) is 5.85. The summed E-state index contributed by atoms with van der Waals surface area (Å²) in [5, 5.41) is 3.61. The van der Waals surface area contributed by atoms with Gasteiger partial charge in [0.1, 0.15) is 0 Å². The van der Waals surface area contributed by atoms with Crippen molar-refractivity contribution >= 4 is 43.2 Å². The summed E-state index contributed by atoms with van der Waals surface area (Å²) in [5.74, 6) is 1.20. The number of hydrogen-bond acceptors (Lipinski definition) is 2. The molecule has 0 fully saturated rings. The number of thiophene rings is 1. The normalized spacial score (nSPS) is 12.8. The first-order valence-corrected chi connectivity index (χ1v) is 9.65. The third-order valence-corrected chi connectivity index (χ3v) is 5.54. The van der Waals surface area contributed by atoms with Crippen LogP contribution < -0.4 is 5.32 Å². The van der Waals surface area contributed by atoms with E-state index in [4.69, 9.17) is 0 Å². The largest absolute Gasteiger partial charge is 0.316 e. The van der Waals surface area contributed by atoms with Crippen LogP contribution in [0.15, 0.2) is 44.7 Å². The van der Waals surface area contributed by atoms with Crippen molar-refractivity contribution in [2.75, 3.05) is 13.1 Å². The minimum Gasteiger partial charge on any atom is -0.316 e. The second-order valence-corrected chi connectivity index (χ2v) is 9.17. The van der Waals surface area contributed by atoms with Gasteiger partial charge in [-0.1, -0.05) is 41.9 Å². The Balaban J connectivity index is 2.07. The minimum atomic E-state index is 0.516. The minimum absolute atomic E-state index is 0.516. The molecule has 0 aliphatic rings. The predicted molar refractivity (Wildman–Crippen MR) is 100 cm³/mol. The van der Waals surface area contributed by atoms with E-state index in [1.54, 1.807) is 0 Å². The van der Waals surface area contributed by atoms with Gasteiger partial charge in [0.25, 0.3) is 0 Å². The van der Waals surface area contributed by atoms with E-state index < -0.39 is 0 Å². The van der Waals surface area contributed by atoms with Gasteiger partial charge in [-0.25, -0.2) is 0 Å². The van der Waals surface area contributed by atoms with Crippen LogP contribution in [-0.2, 0) is 6.42 Å². The number of halogens is 2. The smallest absolute Gasteiger partial charge is 0.0701 e. The molecule has 0 aliphatic carbocycles. The van der Waals surface area contributed by atoms with Crippen molar-refractivity contribution in [2.24, 2.45) is 5.92 Å². The quantitative estimate of drug-likeness (QED) is 0.581. The van der Waals surface area contributed by atoms with Gasteiger partial charge in [0.15, 0.2) is 0 Å². The first-order valence-electron chi connectivity index (χ1n) is 7.25. The Morgan fingerprint density at radius 3 is 2.29 bits per heavy atom. The highest BCUT2D eigenvalue weighted by Gasteiger charge is 2.14. The molecule has 0 radical (unpaired) electrons. The van der Waals surface area contributed by atoms with Crippen molar-refractivity contribution in [3.63, 3.8) is 0 Å². The molecular formula is C17H21Br2NS. The molecule has 0 spiro atoms. The van der Waals surface area contributed by atoms with Crippen LogP contribution in [0.5, 0.6) is 0 Å². The van der Waals surface area contributed by atoms with E-state index >= 15 is 0 Å². The maximum absolute atomic E-state index is 3.61. The van der Waals surface area contributed by atoms with Crippen LogP contribution in [-0.4, -0.2) is 13.1 Å². The van der Waals surface area contributed by atoms with Gasteiger partial charge >= 0.3 is 0 Å². The van der Waals surface area contributed by atoms with Gasteiger partial charge in [0.05, 0.1) is 3.79 Å². The molecule has 0 amide bonds. The lowest BCUT2D eigenvalue weighted by molar-refractivity contribution is 0.515. The van der Waals surface area contributed by atoms with Crippen LogP contribution in [0.25, 0.3) is 0 Å². The van der Waals surface area contributed by atoms with Crippen molar-refractivity contribution in [3.05, 3.63) is 55.1 Å². The standard InChI is InChI=1S/C17H21Br2NS/c1-12(2)10-20-11-14(9-16-7-8-17(19)21-16)13-3-5-15(18)6-4-13/h3-8,12,14,20H,9-11H2,1-2H3. The van der Waals surface area contributed by atoms with Crippen molar-refractivity contribution in [1.29, 1.82) is 0 Å². The molecule has 114 valence electrons. The molecule has 1 heterocycles. The van der Waals surface area contributed by atoms with Gasteiger partial charge in [0.2, 0.25) is 0 Å². The molecule has 0 saturated heterocycles. The summed E-state index contributed by atoms with van der Waals surface area (Å²) in [5.41, 5.74) is 1.40. The van der Waals surface area contributed by atoms with Crippen LogP contribution in [0.4, 0.5) is 0 Å². The van der Waals surface area contributed by atoms with Crippen LogP contribution in [0.1, 0.15) is 30.2 Å². The Labute approximate surface area is 148 Å². The third kappa shape index (κ3) is 5.85. The summed E-state index contributed by atoms with van der Waals surface area (Å²) in [6.07, 6.45) is 1.09. The lowest BCUT2D eigenvalue weighted by Gasteiger charge is -2.18. The Morgan fingerprint density at radius 1 is 1.00 bits per heavy atom. The van der Waals surface area contributed by atoms with E-state index in [1.165, 1.54) is 14.2 Å². The number of benzene rings is 1. The molecule has 0 saturated carbocycles. The van der Waals surface area contributed by atoms with Crippen molar-refractivity contribution in [1.82, 2.24) is 5.32 Å². The molecule has 1 aromatic heterocycles. The van der Waals surface area contributed by atoms with Crippen LogP contribution in [0.2, 0.25) is 0 Å². The summed E-state index contributed by atoms with van der Waals surface area (Å²) in [6.45, 7) is 6.59. The van der Waals surface area contributed by atoms with E-state index in [2.05, 4.69) is 87.4 Å². The maximum Gasteiger partial charge on any atom is 0.0701 e. The van der Waals surface area contributed by atoms with Gasteiger partial charge in [-0.3, -0.25) is 0 Å². The topological polar surface area (TPSA) is 12.0 Å². The fraction of sp³-hybridized carbons (Fsp3) is 0.412. The second kappa shape index (κ2) is 8.47. The zero-order chi connectivity index (χ0) is 15.2. The Hall–Kier alpha value is -0.160.